The standard InChI is InChI=1S/C25H41O2/c1-2-3-4-5-6-7-8-9-10-11-12-13-14-15-16-17-22-27-25-20-18-24(23-26)19-21-25/h18-21H,2-17,22H2,1H3. The third-order valence-electron chi connectivity index (χ3n) is 5.24. The van der Waals surface area contributed by atoms with Crippen molar-refractivity contribution in [2.45, 2.75) is 110 Å². The molecule has 0 aliphatic heterocycles. The molecule has 0 saturated carbocycles. The molecule has 0 heterocycles. The van der Waals surface area contributed by atoms with Crippen LogP contribution < -0.4 is 4.74 Å². The minimum Gasteiger partial charge on any atom is -0.494 e. The fraction of sp³-hybridized carbons (Fsp3) is 0.720. The minimum atomic E-state index is 0.574. The van der Waals surface area contributed by atoms with E-state index in [4.69, 9.17) is 4.74 Å². The average molecular weight is 374 g/mol. The highest BCUT2D eigenvalue weighted by Crippen LogP contribution is 2.15. The molecule has 0 N–H and O–H groups in total. The van der Waals surface area contributed by atoms with Gasteiger partial charge in [-0.05, 0) is 30.7 Å². The lowest BCUT2D eigenvalue weighted by molar-refractivity contribution is 0.304. The van der Waals surface area contributed by atoms with Crippen LogP contribution in [0.5, 0.6) is 5.75 Å². The number of benzene rings is 1. The van der Waals surface area contributed by atoms with E-state index in [1.54, 1.807) is 12.1 Å². The van der Waals surface area contributed by atoms with Crippen molar-refractivity contribution in [2.24, 2.45) is 0 Å². The van der Waals surface area contributed by atoms with E-state index in [2.05, 4.69) is 6.92 Å². The van der Waals surface area contributed by atoms with Gasteiger partial charge in [-0.2, -0.15) is 0 Å². The Morgan fingerprint density at radius 2 is 1.04 bits per heavy atom. The van der Waals surface area contributed by atoms with E-state index in [1.807, 2.05) is 18.4 Å². The summed E-state index contributed by atoms with van der Waals surface area (Å²) in [5.41, 5.74) is 0.574. The van der Waals surface area contributed by atoms with Crippen molar-refractivity contribution in [3.63, 3.8) is 0 Å². The maximum atomic E-state index is 10.5. The molecule has 0 fully saturated rings. The molecular weight excluding hydrogens is 332 g/mol. The monoisotopic (exact) mass is 373 g/mol. The minimum absolute atomic E-state index is 0.574. The average Bonchev–Trinajstić information content (AvgIpc) is 2.70. The molecule has 0 aliphatic carbocycles. The van der Waals surface area contributed by atoms with Crippen molar-refractivity contribution in [3.05, 3.63) is 29.8 Å². The van der Waals surface area contributed by atoms with Crippen LogP contribution in [0.3, 0.4) is 0 Å². The summed E-state index contributed by atoms with van der Waals surface area (Å²) in [6.07, 6.45) is 24.0. The first kappa shape index (κ1) is 23.7. The van der Waals surface area contributed by atoms with Gasteiger partial charge >= 0.3 is 0 Å². The van der Waals surface area contributed by atoms with Gasteiger partial charge in [-0.25, -0.2) is 0 Å². The van der Waals surface area contributed by atoms with Crippen LogP contribution >= 0.6 is 0 Å². The number of hydrogen-bond donors (Lipinski definition) is 0. The number of unbranched alkanes of at least 4 members (excludes halogenated alkanes) is 15. The summed E-state index contributed by atoms with van der Waals surface area (Å²) in [5, 5.41) is 0. The second-order valence-electron chi connectivity index (χ2n) is 7.78. The van der Waals surface area contributed by atoms with Crippen LogP contribution in [0.25, 0.3) is 0 Å². The second kappa shape index (κ2) is 18.1. The molecule has 0 aromatic heterocycles. The van der Waals surface area contributed by atoms with Crippen molar-refractivity contribution in [1.82, 2.24) is 0 Å². The highest BCUT2D eigenvalue weighted by atomic mass is 16.5. The third-order valence-corrected chi connectivity index (χ3v) is 5.24. The van der Waals surface area contributed by atoms with Crippen molar-refractivity contribution < 1.29 is 9.53 Å². The molecule has 2 nitrogen and oxygen atoms in total. The Labute approximate surface area is 168 Å². The second-order valence-corrected chi connectivity index (χ2v) is 7.78. The summed E-state index contributed by atoms with van der Waals surface area (Å²) >= 11 is 0. The maximum absolute atomic E-state index is 10.5. The number of hydrogen-bond acceptors (Lipinski definition) is 2. The van der Waals surface area contributed by atoms with E-state index in [1.165, 1.54) is 96.3 Å². The Bertz CT molecular complexity index is 438. The third kappa shape index (κ3) is 14.4. The van der Waals surface area contributed by atoms with Gasteiger partial charge in [0.15, 0.2) is 0 Å². The van der Waals surface area contributed by atoms with E-state index in [9.17, 15) is 4.79 Å². The van der Waals surface area contributed by atoms with Gasteiger partial charge < -0.3 is 4.74 Å². The summed E-state index contributed by atoms with van der Waals surface area (Å²) in [6.45, 7) is 3.05. The first-order valence-electron chi connectivity index (χ1n) is 11.5. The van der Waals surface area contributed by atoms with Gasteiger partial charge in [-0.1, -0.05) is 103 Å². The van der Waals surface area contributed by atoms with E-state index in [0.29, 0.717) is 5.56 Å². The molecule has 0 saturated heterocycles. The predicted octanol–water partition coefficient (Wildman–Crippen LogP) is 7.78. The lowest BCUT2D eigenvalue weighted by atomic mass is 10.0. The van der Waals surface area contributed by atoms with Crippen molar-refractivity contribution >= 4 is 6.29 Å². The molecule has 2 heteroatoms. The normalized spacial score (nSPS) is 10.9. The summed E-state index contributed by atoms with van der Waals surface area (Å²) in [4.78, 5) is 10.5. The molecule has 0 spiro atoms. The highest BCUT2D eigenvalue weighted by Gasteiger charge is 1.97. The molecule has 0 amide bonds. The quantitative estimate of drug-likeness (QED) is 0.231. The molecule has 1 radical (unpaired) electrons. The van der Waals surface area contributed by atoms with Crippen LogP contribution in [0, 0.1) is 0 Å². The zero-order chi connectivity index (χ0) is 19.4. The Hall–Kier alpha value is -1.31. The maximum Gasteiger partial charge on any atom is 0.233 e. The lowest BCUT2D eigenvalue weighted by Gasteiger charge is -2.06. The molecular formula is C25H41O2. The Morgan fingerprint density at radius 1 is 0.630 bits per heavy atom. The van der Waals surface area contributed by atoms with E-state index < -0.39 is 0 Å². The molecule has 0 unspecified atom stereocenters. The Kier molecular flexibility index (Phi) is 15.9. The molecule has 27 heavy (non-hydrogen) atoms. The van der Waals surface area contributed by atoms with Gasteiger partial charge in [0.25, 0.3) is 0 Å². The highest BCUT2D eigenvalue weighted by molar-refractivity contribution is 5.75. The van der Waals surface area contributed by atoms with Crippen LogP contribution in [0.15, 0.2) is 24.3 Å². The van der Waals surface area contributed by atoms with Gasteiger partial charge in [0.2, 0.25) is 6.29 Å². The number of carbonyl (C=O) groups excluding carboxylic acids is 1. The van der Waals surface area contributed by atoms with Crippen LogP contribution in [0.4, 0.5) is 0 Å². The van der Waals surface area contributed by atoms with Crippen molar-refractivity contribution in [1.29, 1.82) is 0 Å². The largest absolute Gasteiger partial charge is 0.494 e. The molecule has 153 valence electrons. The van der Waals surface area contributed by atoms with Gasteiger partial charge in [-0.3, -0.25) is 4.79 Å². The summed E-state index contributed by atoms with van der Waals surface area (Å²) in [5.74, 6) is 0.843. The molecule has 0 aliphatic rings. The first-order chi connectivity index (χ1) is 13.4. The first-order valence-corrected chi connectivity index (χ1v) is 11.5. The fourth-order valence-electron chi connectivity index (χ4n) is 3.46. The van der Waals surface area contributed by atoms with E-state index >= 15 is 0 Å². The summed E-state index contributed by atoms with van der Waals surface area (Å²) in [7, 11) is 0. The topological polar surface area (TPSA) is 26.3 Å². The molecule has 0 bridgehead atoms. The van der Waals surface area contributed by atoms with Gasteiger partial charge in [-0.15, -0.1) is 0 Å². The molecule has 1 rings (SSSR count). The Balaban J connectivity index is 1.76. The van der Waals surface area contributed by atoms with Crippen molar-refractivity contribution in [2.75, 3.05) is 6.61 Å². The summed E-state index contributed by atoms with van der Waals surface area (Å²) in [6, 6.07) is 7.17. The van der Waals surface area contributed by atoms with Crippen LogP contribution in [-0.4, -0.2) is 12.9 Å². The number of ether oxygens (including phenoxy) is 1. The zero-order valence-corrected chi connectivity index (χ0v) is 17.6. The molecule has 0 atom stereocenters. The number of rotatable bonds is 19. The lowest BCUT2D eigenvalue weighted by Crippen LogP contribution is -1.97. The van der Waals surface area contributed by atoms with E-state index in [-0.39, 0.29) is 0 Å². The van der Waals surface area contributed by atoms with E-state index in [0.717, 1.165) is 18.8 Å². The Morgan fingerprint density at radius 3 is 1.44 bits per heavy atom. The zero-order valence-electron chi connectivity index (χ0n) is 17.6. The fourth-order valence-corrected chi connectivity index (χ4v) is 3.46. The van der Waals surface area contributed by atoms with Crippen LogP contribution in [-0.2, 0) is 4.79 Å². The predicted molar refractivity (Wildman–Crippen MR) is 116 cm³/mol. The van der Waals surface area contributed by atoms with Gasteiger partial charge in [0, 0.05) is 5.56 Å². The van der Waals surface area contributed by atoms with Crippen LogP contribution in [0.1, 0.15) is 115 Å². The van der Waals surface area contributed by atoms with Crippen molar-refractivity contribution in [3.8, 4) is 5.75 Å². The van der Waals surface area contributed by atoms with Gasteiger partial charge in [0.1, 0.15) is 5.75 Å². The molecule has 1 aromatic rings. The van der Waals surface area contributed by atoms with Gasteiger partial charge in [0.05, 0.1) is 6.61 Å². The summed E-state index contributed by atoms with van der Waals surface area (Å²) < 4.78 is 5.69. The molecule has 1 aromatic carbocycles. The SMILES string of the molecule is CCCCCCCCCCCCCCCCCCOc1ccc([C]=O)cc1. The van der Waals surface area contributed by atoms with Crippen LogP contribution in [0.2, 0.25) is 0 Å². The smallest absolute Gasteiger partial charge is 0.233 e.